The van der Waals surface area contributed by atoms with Gasteiger partial charge in [0.25, 0.3) is 5.92 Å². The molecule has 0 saturated carbocycles. The van der Waals surface area contributed by atoms with Gasteiger partial charge in [-0.1, -0.05) is 19.8 Å². The topological polar surface area (TPSA) is 82.5 Å². The van der Waals surface area contributed by atoms with Crippen LogP contribution >= 0.6 is 0 Å². The second-order valence-corrected chi connectivity index (χ2v) is 5.30. The van der Waals surface area contributed by atoms with E-state index in [1.807, 2.05) is 0 Å². The number of aliphatic imine (C=N–C) groups is 1. The Morgan fingerprint density at radius 1 is 1.59 bits per heavy atom. The van der Waals surface area contributed by atoms with E-state index in [0.29, 0.717) is 6.54 Å². The molecule has 1 saturated heterocycles. The lowest BCUT2D eigenvalue weighted by Crippen LogP contribution is -2.35. The molecule has 1 fully saturated rings. The van der Waals surface area contributed by atoms with Gasteiger partial charge in [0.1, 0.15) is 11.9 Å². The van der Waals surface area contributed by atoms with Crippen LogP contribution in [0.15, 0.2) is 22.1 Å². The molecule has 2 atom stereocenters. The largest absolute Gasteiger partial charge is 0.383 e. The molecule has 0 spiro atoms. The average molecular weight is 314 g/mol. The Morgan fingerprint density at radius 3 is 3.05 bits per heavy atom. The number of nitrogen functional groups attached to an aromatic ring is 1. The monoisotopic (exact) mass is 314 g/mol. The summed E-state index contributed by atoms with van der Waals surface area (Å²) in [5.74, 6) is -3.18. The van der Waals surface area contributed by atoms with Gasteiger partial charge in [0.2, 0.25) is 6.23 Å². The normalized spacial score (nSPS) is 24.1. The van der Waals surface area contributed by atoms with Crippen LogP contribution in [0.1, 0.15) is 38.8 Å². The first-order valence-corrected chi connectivity index (χ1v) is 7.32. The molecule has 8 heteroatoms. The number of ether oxygens (including phenoxy) is 1. The quantitative estimate of drug-likeness (QED) is 0.643. The first-order valence-electron chi connectivity index (χ1n) is 7.32. The molecular formula is C14H20F2N4O2. The van der Waals surface area contributed by atoms with E-state index < -0.39 is 30.4 Å². The van der Waals surface area contributed by atoms with Crippen LogP contribution < -0.4 is 11.4 Å². The van der Waals surface area contributed by atoms with Crippen molar-refractivity contribution in [3.8, 4) is 0 Å². The maximum atomic E-state index is 14.0. The highest BCUT2D eigenvalue weighted by molar-refractivity contribution is 5.63. The van der Waals surface area contributed by atoms with E-state index >= 15 is 0 Å². The molecule has 2 rings (SSSR count). The number of nitrogens with two attached hydrogens (primary N) is 1. The number of halogens is 2. The third-order valence-corrected chi connectivity index (χ3v) is 3.40. The van der Waals surface area contributed by atoms with Crippen molar-refractivity contribution in [3.63, 3.8) is 0 Å². The lowest BCUT2D eigenvalue weighted by Gasteiger charge is -2.19. The Hall–Kier alpha value is -1.83. The summed E-state index contributed by atoms with van der Waals surface area (Å²) in [6, 6.07) is 1.28. The summed E-state index contributed by atoms with van der Waals surface area (Å²) < 4.78 is 34.1. The highest BCUT2D eigenvalue weighted by Crippen LogP contribution is 2.41. The predicted octanol–water partition coefficient (Wildman–Crippen LogP) is 2.01. The molecule has 2 N–H and O–H groups in total. The molecule has 2 heterocycles. The number of rotatable bonds is 6. The minimum absolute atomic E-state index is 0.0170. The zero-order valence-electron chi connectivity index (χ0n) is 12.4. The number of aromatic nitrogens is 2. The van der Waals surface area contributed by atoms with Crippen LogP contribution in [0.4, 0.5) is 14.6 Å². The molecule has 1 aliphatic heterocycles. The van der Waals surface area contributed by atoms with E-state index in [-0.39, 0.29) is 5.82 Å². The molecule has 0 aliphatic carbocycles. The Morgan fingerprint density at radius 2 is 2.36 bits per heavy atom. The lowest BCUT2D eigenvalue weighted by atomic mass is 10.2. The molecular weight excluding hydrogens is 294 g/mol. The van der Waals surface area contributed by atoms with E-state index in [4.69, 9.17) is 10.5 Å². The van der Waals surface area contributed by atoms with E-state index in [9.17, 15) is 13.6 Å². The smallest absolute Gasteiger partial charge is 0.351 e. The molecule has 1 aromatic heterocycles. The molecule has 0 unspecified atom stereocenters. The van der Waals surface area contributed by atoms with Gasteiger partial charge in [0.05, 0.1) is 0 Å². The minimum atomic E-state index is -3.16. The van der Waals surface area contributed by atoms with E-state index in [2.05, 4.69) is 16.9 Å². The Bertz CT molecular complexity index is 588. The summed E-state index contributed by atoms with van der Waals surface area (Å²) in [6.07, 6.45) is 2.61. The van der Waals surface area contributed by atoms with Crippen LogP contribution in [0.25, 0.3) is 0 Å². The standard InChI is InChI=1S/C14H20F2N4O2/c1-2-3-4-6-18-9-10-8-14(15,16)12(22-10)20-7-5-11(17)19-13(20)21/h5,7,9-10,12H,2-4,6,8H2,1H3,(H2,17,19,21)/t10-,12+/m0/s1. The molecule has 6 nitrogen and oxygen atoms in total. The van der Waals surface area contributed by atoms with Gasteiger partial charge in [-0.2, -0.15) is 4.98 Å². The second-order valence-electron chi connectivity index (χ2n) is 5.30. The molecule has 22 heavy (non-hydrogen) atoms. The third kappa shape index (κ3) is 3.88. The van der Waals surface area contributed by atoms with Crippen LogP contribution in [0.5, 0.6) is 0 Å². The van der Waals surface area contributed by atoms with Gasteiger partial charge in [0.15, 0.2) is 0 Å². The molecule has 122 valence electrons. The van der Waals surface area contributed by atoms with Gasteiger partial charge in [-0.3, -0.25) is 9.56 Å². The summed E-state index contributed by atoms with van der Waals surface area (Å²) in [4.78, 5) is 19.2. The van der Waals surface area contributed by atoms with Crippen LogP contribution in [0.3, 0.4) is 0 Å². The van der Waals surface area contributed by atoms with Crippen LogP contribution in [0.2, 0.25) is 0 Å². The number of unbranched alkanes of at least 4 members (excludes halogenated alkanes) is 2. The van der Waals surface area contributed by atoms with Crippen molar-refractivity contribution in [3.05, 3.63) is 22.7 Å². The van der Waals surface area contributed by atoms with Crippen molar-refractivity contribution in [2.45, 2.75) is 50.9 Å². The maximum absolute atomic E-state index is 14.0. The fourth-order valence-electron chi connectivity index (χ4n) is 2.29. The van der Waals surface area contributed by atoms with E-state index in [1.54, 1.807) is 0 Å². The van der Waals surface area contributed by atoms with Gasteiger partial charge in [0, 0.05) is 25.4 Å². The number of anilines is 1. The van der Waals surface area contributed by atoms with Crippen molar-refractivity contribution >= 4 is 12.0 Å². The molecule has 0 radical (unpaired) electrons. The Kier molecular flexibility index (Phi) is 5.23. The second kappa shape index (κ2) is 6.95. The summed E-state index contributed by atoms with van der Waals surface area (Å²) in [6.45, 7) is 2.67. The van der Waals surface area contributed by atoms with Crippen molar-refractivity contribution in [1.82, 2.24) is 9.55 Å². The summed E-state index contributed by atoms with van der Waals surface area (Å²) >= 11 is 0. The number of alkyl halides is 2. The minimum Gasteiger partial charge on any atom is -0.383 e. The Balaban J connectivity index is 2.05. The van der Waals surface area contributed by atoms with Crippen molar-refractivity contribution in [2.24, 2.45) is 4.99 Å². The number of hydrogen-bond donors (Lipinski definition) is 1. The first kappa shape index (κ1) is 16.5. The lowest BCUT2D eigenvalue weighted by molar-refractivity contribution is -0.112. The fraction of sp³-hybridized carbons (Fsp3) is 0.643. The predicted molar refractivity (Wildman–Crippen MR) is 79.3 cm³/mol. The molecule has 0 amide bonds. The average Bonchev–Trinajstić information content (AvgIpc) is 2.73. The van der Waals surface area contributed by atoms with Gasteiger partial charge < -0.3 is 10.5 Å². The van der Waals surface area contributed by atoms with Crippen molar-refractivity contribution in [2.75, 3.05) is 12.3 Å². The molecule has 0 bridgehead atoms. The summed E-state index contributed by atoms with van der Waals surface area (Å²) in [5, 5.41) is 0. The fourth-order valence-corrected chi connectivity index (χ4v) is 2.29. The highest BCUT2D eigenvalue weighted by atomic mass is 19.3. The number of nitrogens with zero attached hydrogens (tertiary/aromatic N) is 3. The molecule has 1 aromatic rings. The van der Waals surface area contributed by atoms with Gasteiger partial charge in [-0.25, -0.2) is 13.6 Å². The van der Waals surface area contributed by atoms with E-state index in [1.165, 1.54) is 18.5 Å². The van der Waals surface area contributed by atoms with Crippen molar-refractivity contribution < 1.29 is 13.5 Å². The maximum Gasteiger partial charge on any atom is 0.351 e. The van der Waals surface area contributed by atoms with Crippen LogP contribution in [-0.4, -0.2) is 34.3 Å². The zero-order chi connectivity index (χ0) is 16.2. The van der Waals surface area contributed by atoms with Gasteiger partial charge in [-0.05, 0) is 12.5 Å². The molecule has 1 aliphatic rings. The summed E-state index contributed by atoms with van der Waals surface area (Å²) in [7, 11) is 0. The highest BCUT2D eigenvalue weighted by Gasteiger charge is 2.51. The van der Waals surface area contributed by atoms with E-state index in [0.717, 1.165) is 23.8 Å². The SMILES string of the molecule is CCCCCN=C[C@@H]1CC(F)(F)[C@H](n2ccc(N)nc2=O)O1. The van der Waals surface area contributed by atoms with Crippen LogP contribution in [0, 0.1) is 0 Å². The Labute approximate surface area is 127 Å². The van der Waals surface area contributed by atoms with Gasteiger partial charge >= 0.3 is 5.69 Å². The zero-order valence-corrected chi connectivity index (χ0v) is 12.4. The van der Waals surface area contributed by atoms with Gasteiger partial charge in [-0.15, -0.1) is 0 Å². The number of hydrogen-bond acceptors (Lipinski definition) is 5. The van der Waals surface area contributed by atoms with Crippen LogP contribution in [-0.2, 0) is 4.74 Å². The third-order valence-electron chi connectivity index (χ3n) is 3.40. The first-order chi connectivity index (χ1) is 10.4. The molecule has 0 aromatic carbocycles. The summed E-state index contributed by atoms with van der Waals surface area (Å²) in [5.41, 5.74) is 4.50. The van der Waals surface area contributed by atoms with Crippen molar-refractivity contribution in [1.29, 1.82) is 0 Å².